The third-order valence-corrected chi connectivity index (χ3v) is 3.68. The number of hydrogen-bond donors (Lipinski definition) is 0. The predicted molar refractivity (Wildman–Crippen MR) is 68.1 cm³/mol. The van der Waals surface area contributed by atoms with Crippen LogP contribution in [-0.2, 0) is 0 Å². The van der Waals surface area contributed by atoms with Gasteiger partial charge in [0, 0.05) is 6.04 Å². The molecule has 0 N–H and O–H groups in total. The van der Waals surface area contributed by atoms with E-state index in [1.54, 1.807) is 0 Å². The summed E-state index contributed by atoms with van der Waals surface area (Å²) in [5.41, 5.74) is 0.465. The molecule has 0 aliphatic heterocycles. The first-order chi connectivity index (χ1) is 6.90. The monoisotopic (exact) mass is 211 g/mol. The zero-order chi connectivity index (χ0) is 11.5. The summed E-state index contributed by atoms with van der Waals surface area (Å²) >= 11 is 0. The SMILES string of the molecule is CN(C)C(CC(C)(C)C)C1CCCCC1. The lowest BCUT2D eigenvalue weighted by atomic mass is 9.76. The molecule has 0 heterocycles. The van der Waals surface area contributed by atoms with Crippen molar-refractivity contribution in [2.45, 2.75) is 65.3 Å². The van der Waals surface area contributed by atoms with E-state index in [4.69, 9.17) is 0 Å². The van der Waals surface area contributed by atoms with Crippen molar-refractivity contribution in [2.75, 3.05) is 14.1 Å². The Balaban J connectivity index is 2.56. The molecule has 1 atom stereocenters. The summed E-state index contributed by atoms with van der Waals surface area (Å²) < 4.78 is 0. The average molecular weight is 211 g/mol. The van der Waals surface area contributed by atoms with Gasteiger partial charge in [-0.15, -0.1) is 0 Å². The molecule has 0 spiro atoms. The van der Waals surface area contributed by atoms with Crippen LogP contribution in [0.2, 0.25) is 0 Å². The molecule has 0 saturated heterocycles. The summed E-state index contributed by atoms with van der Waals surface area (Å²) in [5, 5.41) is 0. The fraction of sp³-hybridized carbons (Fsp3) is 1.00. The molecular weight excluding hydrogens is 182 g/mol. The van der Waals surface area contributed by atoms with Crippen LogP contribution in [0.1, 0.15) is 59.3 Å². The van der Waals surface area contributed by atoms with Crippen molar-refractivity contribution in [3.8, 4) is 0 Å². The van der Waals surface area contributed by atoms with Gasteiger partial charge in [-0.2, -0.15) is 0 Å². The van der Waals surface area contributed by atoms with Crippen molar-refractivity contribution < 1.29 is 0 Å². The molecule has 1 nitrogen and oxygen atoms in total. The lowest BCUT2D eigenvalue weighted by Gasteiger charge is -2.38. The first-order valence-electron chi connectivity index (χ1n) is 6.56. The van der Waals surface area contributed by atoms with E-state index >= 15 is 0 Å². The van der Waals surface area contributed by atoms with Gasteiger partial charge in [0.15, 0.2) is 0 Å². The summed E-state index contributed by atoms with van der Waals surface area (Å²) in [7, 11) is 4.51. The van der Waals surface area contributed by atoms with E-state index in [1.165, 1.54) is 38.5 Å². The smallest absolute Gasteiger partial charge is 0.0122 e. The second-order valence-electron chi connectivity index (χ2n) is 6.69. The molecular formula is C14H29N. The number of hydrogen-bond acceptors (Lipinski definition) is 1. The molecule has 0 bridgehead atoms. The molecule has 1 saturated carbocycles. The minimum Gasteiger partial charge on any atom is -0.306 e. The highest BCUT2D eigenvalue weighted by molar-refractivity contribution is 4.83. The quantitative estimate of drug-likeness (QED) is 0.683. The highest BCUT2D eigenvalue weighted by atomic mass is 15.1. The van der Waals surface area contributed by atoms with Gasteiger partial charge < -0.3 is 4.90 Å². The van der Waals surface area contributed by atoms with Crippen LogP contribution in [0.15, 0.2) is 0 Å². The van der Waals surface area contributed by atoms with Gasteiger partial charge in [-0.05, 0) is 44.7 Å². The number of rotatable bonds is 3. The highest BCUT2D eigenvalue weighted by Gasteiger charge is 2.28. The molecule has 0 aromatic rings. The van der Waals surface area contributed by atoms with E-state index in [2.05, 4.69) is 39.8 Å². The molecule has 1 heteroatoms. The molecule has 90 valence electrons. The third-order valence-electron chi connectivity index (χ3n) is 3.68. The summed E-state index contributed by atoms with van der Waals surface area (Å²) in [4.78, 5) is 2.46. The maximum absolute atomic E-state index is 2.46. The molecule has 0 radical (unpaired) electrons. The Bertz CT molecular complexity index is 172. The molecule has 1 fully saturated rings. The van der Waals surface area contributed by atoms with Gasteiger partial charge in [-0.25, -0.2) is 0 Å². The Labute approximate surface area is 96.2 Å². The van der Waals surface area contributed by atoms with E-state index in [1.807, 2.05) is 0 Å². The van der Waals surface area contributed by atoms with Crippen molar-refractivity contribution in [3.05, 3.63) is 0 Å². The standard InChI is InChI=1S/C14H29N/c1-14(2,3)11-13(15(4)5)12-9-7-6-8-10-12/h12-13H,6-11H2,1-5H3. The molecule has 0 aromatic carbocycles. The maximum Gasteiger partial charge on any atom is 0.0122 e. The fourth-order valence-electron chi connectivity index (χ4n) is 2.92. The Morgan fingerprint density at radius 3 is 2.00 bits per heavy atom. The predicted octanol–water partition coefficient (Wildman–Crippen LogP) is 3.93. The van der Waals surface area contributed by atoms with Gasteiger partial charge in [0.05, 0.1) is 0 Å². The van der Waals surface area contributed by atoms with Crippen molar-refractivity contribution in [1.29, 1.82) is 0 Å². The molecule has 1 unspecified atom stereocenters. The second-order valence-corrected chi connectivity index (χ2v) is 6.69. The first-order valence-corrected chi connectivity index (χ1v) is 6.56. The van der Waals surface area contributed by atoms with Crippen LogP contribution < -0.4 is 0 Å². The van der Waals surface area contributed by atoms with Crippen LogP contribution >= 0.6 is 0 Å². The summed E-state index contributed by atoms with van der Waals surface area (Å²) in [6.07, 6.45) is 8.63. The topological polar surface area (TPSA) is 3.24 Å². The van der Waals surface area contributed by atoms with E-state index in [9.17, 15) is 0 Å². The minimum absolute atomic E-state index is 0.465. The van der Waals surface area contributed by atoms with Gasteiger partial charge in [0.1, 0.15) is 0 Å². The van der Waals surface area contributed by atoms with Crippen molar-refractivity contribution in [3.63, 3.8) is 0 Å². The fourth-order valence-corrected chi connectivity index (χ4v) is 2.92. The van der Waals surface area contributed by atoms with Crippen LogP contribution in [0.25, 0.3) is 0 Å². The molecule has 0 aromatic heterocycles. The lowest BCUT2D eigenvalue weighted by Crippen LogP contribution is -2.39. The summed E-state index contributed by atoms with van der Waals surface area (Å²) in [6, 6.07) is 0.797. The van der Waals surface area contributed by atoms with Gasteiger partial charge >= 0.3 is 0 Å². The van der Waals surface area contributed by atoms with Crippen LogP contribution in [0.3, 0.4) is 0 Å². The molecule has 1 aliphatic rings. The Morgan fingerprint density at radius 1 is 1.07 bits per heavy atom. The molecule has 0 amide bonds. The normalized spacial score (nSPS) is 22.0. The van der Waals surface area contributed by atoms with Crippen LogP contribution in [0.4, 0.5) is 0 Å². The molecule has 15 heavy (non-hydrogen) atoms. The van der Waals surface area contributed by atoms with E-state index in [0.29, 0.717) is 5.41 Å². The molecule has 1 rings (SSSR count). The zero-order valence-electron chi connectivity index (χ0n) is 11.3. The van der Waals surface area contributed by atoms with E-state index in [0.717, 1.165) is 12.0 Å². The van der Waals surface area contributed by atoms with E-state index in [-0.39, 0.29) is 0 Å². The van der Waals surface area contributed by atoms with Crippen LogP contribution in [-0.4, -0.2) is 25.0 Å². The van der Waals surface area contributed by atoms with Crippen LogP contribution in [0, 0.1) is 11.3 Å². The Morgan fingerprint density at radius 2 is 1.60 bits per heavy atom. The largest absolute Gasteiger partial charge is 0.306 e. The van der Waals surface area contributed by atoms with Gasteiger partial charge in [-0.3, -0.25) is 0 Å². The third kappa shape index (κ3) is 4.55. The van der Waals surface area contributed by atoms with Gasteiger partial charge in [0.2, 0.25) is 0 Å². The Hall–Kier alpha value is -0.0400. The summed E-state index contributed by atoms with van der Waals surface area (Å²) in [5.74, 6) is 0.952. The summed E-state index contributed by atoms with van der Waals surface area (Å²) in [6.45, 7) is 7.10. The van der Waals surface area contributed by atoms with Crippen LogP contribution in [0.5, 0.6) is 0 Å². The minimum atomic E-state index is 0.465. The maximum atomic E-state index is 2.46. The Kier molecular flexibility index (Phi) is 4.64. The van der Waals surface area contributed by atoms with Gasteiger partial charge in [0.25, 0.3) is 0 Å². The second kappa shape index (κ2) is 5.34. The van der Waals surface area contributed by atoms with Gasteiger partial charge in [-0.1, -0.05) is 40.0 Å². The highest BCUT2D eigenvalue weighted by Crippen LogP contribution is 2.34. The number of nitrogens with zero attached hydrogens (tertiary/aromatic N) is 1. The molecule has 1 aliphatic carbocycles. The zero-order valence-corrected chi connectivity index (χ0v) is 11.3. The lowest BCUT2D eigenvalue weighted by molar-refractivity contribution is 0.123. The van der Waals surface area contributed by atoms with Crippen molar-refractivity contribution >= 4 is 0 Å². The van der Waals surface area contributed by atoms with E-state index < -0.39 is 0 Å². The van der Waals surface area contributed by atoms with Crippen molar-refractivity contribution in [1.82, 2.24) is 4.90 Å². The first kappa shape index (κ1) is 13.0. The van der Waals surface area contributed by atoms with Crippen molar-refractivity contribution in [2.24, 2.45) is 11.3 Å². The average Bonchev–Trinajstić information content (AvgIpc) is 2.14.